The summed E-state index contributed by atoms with van der Waals surface area (Å²) in [6.45, 7) is -0.483. The van der Waals surface area contributed by atoms with E-state index >= 15 is 0 Å². The molecular formula is C16H14N2O8S. The van der Waals surface area contributed by atoms with Crippen molar-refractivity contribution in [2.45, 2.75) is 11.3 Å². The monoisotopic (exact) mass is 394 g/mol. The highest BCUT2D eigenvalue weighted by Gasteiger charge is 2.27. The topological polar surface area (TPSA) is 155 Å². The van der Waals surface area contributed by atoms with Crippen LogP contribution < -0.4 is 4.31 Å². The fraction of sp³-hybridized carbons (Fsp3) is 0.125. The van der Waals surface area contributed by atoms with Crippen LogP contribution in [0.1, 0.15) is 16.8 Å². The zero-order valence-corrected chi connectivity index (χ0v) is 14.5. The summed E-state index contributed by atoms with van der Waals surface area (Å²) in [6, 6.07) is 9.25. The van der Waals surface area contributed by atoms with E-state index in [1.54, 1.807) is 0 Å². The van der Waals surface area contributed by atoms with Gasteiger partial charge in [-0.2, -0.15) is 0 Å². The number of aliphatic carboxylic acids is 1. The Labute approximate surface area is 153 Å². The van der Waals surface area contributed by atoms with E-state index in [4.69, 9.17) is 10.2 Å². The highest BCUT2D eigenvalue weighted by Crippen LogP contribution is 2.27. The van der Waals surface area contributed by atoms with Crippen LogP contribution >= 0.6 is 0 Å². The molecule has 2 aromatic rings. The lowest BCUT2D eigenvalue weighted by Crippen LogP contribution is -2.33. The number of hydrogen-bond donors (Lipinski definition) is 2. The molecule has 2 N–H and O–H groups in total. The van der Waals surface area contributed by atoms with Crippen LogP contribution in [0, 0.1) is 10.1 Å². The molecule has 0 heterocycles. The van der Waals surface area contributed by atoms with Crippen molar-refractivity contribution >= 4 is 33.3 Å². The van der Waals surface area contributed by atoms with Gasteiger partial charge < -0.3 is 10.2 Å². The summed E-state index contributed by atoms with van der Waals surface area (Å²) in [6.07, 6.45) is -0.550. The lowest BCUT2D eigenvalue weighted by Gasteiger charge is -2.24. The molecule has 10 nitrogen and oxygen atoms in total. The van der Waals surface area contributed by atoms with Gasteiger partial charge in [0.05, 0.1) is 27.5 Å². The molecule has 0 radical (unpaired) electrons. The van der Waals surface area contributed by atoms with Gasteiger partial charge in [-0.05, 0) is 24.3 Å². The third-order valence-corrected chi connectivity index (χ3v) is 5.35. The molecule has 0 saturated carbocycles. The molecule has 11 heteroatoms. The van der Waals surface area contributed by atoms with Crippen molar-refractivity contribution < 1.29 is 33.1 Å². The molecule has 2 rings (SSSR count). The number of nitro groups is 1. The van der Waals surface area contributed by atoms with Gasteiger partial charge in [-0.15, -0.1) is 0 Å². The van der Waals surface area contributed by atoms with Gasteiger partial charge >= 0.3 is 11.9 Å². The van der Waals surface area contributed by atoms with E-state index in [1.807, 2.05) is 0 Å². The summed E-state index contributed by atoms with van der Waals surface area (Å²) in [7, 11) is -4.38. The number of carboxylic acids is 2. The van der Waals surface area contributed by atoms with E-state index in [0.29, 0.717) is 4.31 Å². The number of anilines is 1. The summed E-state index contributed by atoms with van der Waals surface area (Å²) in [5.74, 6) is -2.55. The molecule has 0 aliphatic carbocycles. The van der Waals surface area contributed by atoms with Crippen LogP contribution in [0.2, 0.25) is 0 Å². The van der Waals surface area contributed by atoms with Crippen LogP contribution in [0.15, 0.2) is 53.4 Å². The smallest absolute Gasteiger partial charge is 0.335 e. The highest BCUT2D eigenvalue weighted by molar-refractivity contribution is 7.92. The maximum absolute atomic E-state index is 13.0. The fourth-order valence-corrected chi connectivity index (χ4v) is 3.76. The van der Waals surface area contributed by atoms with Gasteiger partial charge in [0.25, 0.3) is 15.7 Å². The number of nitro benzene ring substituents is 1. The van der Waals surface area contributed by atoms with E-state index in [-0.39, 0.29) is 11.3 Å². The van der Waals surface area contributed by atoms with E-state index in [0.717, 1.165) is 24.3 Å². The minimum Gasteiger partial charge on any atom is -0.481 e. The zero-order valence-electron chi connectivity index (χ0n) is 13.7. The first kappa shape index (κ1) is 19.8. The molecule has 0 aliphatic rings. The van der Waals surface area contributed by atoms with Crippen molar-refractivity contribution in [3.05, 3.63) is 64.2 Å². The van der Waals surface area contributed by atoms with Gasteiger partial charge in [-0.3, -0.25) is 19.2 Å². The third kappa shape index (κ3) is 4.58. The van der Waals surface area contributed by atoms with Crippen molar-refractivity contribution in [2.24, 2.45) is 0 Å². The Balaban J connectivity index is 2.57. The van der Waals surface area contributed by atoms with E-state index in [1.165, 1.54) is 24.3 Å². The largest absolute Gasteiger partial charge is 0.481 e. The Morgan fingerprint density at radius 2 is 1.74 bits per heavy atom. The average molecular weight is 394 g/mol. The number of carbonyl (C=O) groups is 2. The lowest BCUT2D eigenvalue weighted by atomic mass is 10.2. The van der Waals surface area contributed by atoms with Crippen molar-refractivity contribution in [3.8, 4) is 0 Å². The highest BCUT2D eigenvalue weighted by atomic mass is 32.2. The second-order valence-corrected chi connectivity index (χ2v) is 7.19. The Bertz CT molecular complexity index is 1000. The predicted octanol–water partition coefficient (Wildman–Crippen LogP) is 1.96. The molecule has 2 aromatic carbocycles. The number of nitrogens with zero attached hydrogens (tertiary/aromatic N) is 2. The molecule has 0 aromatic heterocycles. The van der Waals surface area contributed by atoms with Crippen LogP contribution in [-0.2, 0) is 14.8 Å². The van der Waals surface area contributed by atoms with E-state index < -0.39 is 50.4 Å². The van der Waals surface area contributed by atoms with Crippen molar-refractivity contribution in [1.29, 1.82) is 0 Å². The molecule has 0 fully saturated rings. The Hall–Kier alpha value is -3.47. The molecule has 0 spiro atoms. The Kier molecular flexibility index (Phi) is 5.75. The molecule has 0 aliphatic heterocycles. The number of carboxylic acid groups (broad SMARTS) is 2. The number of aromatic carboxylic acids is 1. The first-order valence-corrected chi connectivity index (χ1v) is 8.89. The molecule has 142 valence electrons. The minimum atomic E-state index is -4.38. The number of sulfonamides is 1. The summed E-state index contributed by atoms with van der Waals surface area (Å²) < 4.78 is 26.6. The van der Waals surface area contributed by atoms with Gasteiger partial charge in [0.2, 0.25) is 0 Å². The van der Waals surface area contributed by atoms with Crippen molar-refractivity contribution in [3.63, 3.8) is 0 Å². The number of hydrogen-bond acceptors (Lipinski definition) is 6. The molecule has 0 saturated heterocycles. The molecule has 27 heavy (non-hydrogen) atoms. The molecular weight excluding hydrogens is 380 g/mol. The quantitative estimate of drug-likeness (QED) is 0.508. The number of benzene rings is 2. The number of non-ortho nitro benzene ring substituents is 1. The summed E-state index contributed by atoms with van der Waals surface area (Å²) in [5, 5.41) is 28.9. The van der Waals surface area contributed by atoms with Crippen LogP contribution in [-0.4, -0.2) is 42.0 Å². The number of rotatable bonds is 8. The van der Waals surface area contributed by atoms with Gasteiger partial charge in [0.1, 0.15) is 0 Å². The molecule has 0 bridgehead atoms. The molecule has 0 unspecified atom stereocenters. The Morgan fingerprint density at radius 3 is 2.33 bits per heavy atom. The normalized spacial score (nSPS) is 11.0. The maximum Gasteiger partial charge on any atom is 0.335 e. The zero-order chi connectivity index (χ0) is 20.2. The minimum absolute atomic E-state index is 0.0670. The summed E-state index contributed by atoms with van der Waals surface area (Å²) in [4.78, 5) is 31.8. The third-order valence-electron chi connectivity index (χ3n) is 3.53. The van der Waals surface area contributed by atoms with Crippen molar-refractivity contribution in [2.75, 3.05) is 10.8 Å². The molecule has 0 amide bonds. The van der Waals surface area contributed by atoms with E-state index in [2.05, 4.69) is 0 Å². The SMILES string of the molecule is O=C(O)CCN(c1cccc(C(=O)O)c1)S(=O)(=O)c1cccc([N+](=O)[O-])c1. The summed E-state index contributed by atoms with van der Waals surface area (Å²) >= 11 is 0. The standard InChI is InChI=1S/C16H14N2O8S/c19-15(20)7-8-17(12-4-1-3-11(9-12)16(21)22)27(25,26)14-6-2-5-13(10-14)18(23)24/h1-6,9-10H,7-8H2,(H,19,20)(H,21,22). The van der Waals surface area contributed by atoms with Gasteiger partial charge in [0, 0.05) is 18.7 Å². The van der Waals surface area contributed by atoms with Crippen LogP contribution in [0.5, 0.6) is 0 Å². The Morgan fingerprint density at radius 1 is 1.07 bits per heavy atom. The fourth-order valence-electron chi connectivity index (χ4n) is 2.26. The second kappa shape index (κ2) is 7.83. The summed E-state index contributed by atoms with van der Waals surface area (Å²) in [5.41, 5.74) is -0.710. The predicted molar refractivity (Wildman–Crippen MR) is 93.3 cm³/mol. The maximum atomic E-state index is 13.0. The van der Waals surface area contributed by atoms with Gasteiger partial charge in [-0.1, -0.05) is 12.1 Å². The van der Waals surface area contributed by atoms with Crippen LogP contribution in [0.4, 0.5) is 11.4 Å². The van der Waals surface area contributed by atoms with Gasteiger partial charge in [-0.25, -0.2) is 13.2 Å². The average Bonchev–Trinajstić information content (AvgIpc) is 2.61. The van der Waals surface area contributed by atoms with Crippen LogP contribution in [0.25, 0.3) is 0 Å². The van der Waals surface area contributed by atoms with E-state index in [9.17, 15) is 28.1 Å². The molecule has 0 atom stereocenters. The first-order valence-electron chi connectivity index (χ1n) is 7.45. The van der Waals surface area contributed by atoms with Crippen molar-refractivity contribution in [1.82, 2.24) is 0 Å². The van der Waals surface area contributed by atoms with Crippen LogP contribution in [0.3, 0.4) is 0 Å². The second-order valence-electron chi connectivity index (χ2n) is 5.33. The first-order chi connectivity index (χ1) is 12.6. The lowest BCUT2D eigenvalue weighted by molar-refractivity contribution is -0.385. The van der Waals surface area contributed by atoms with Gasteiger partial charge in [0.15, 0.2) is 0 Å².